The fourth-order valence-electron chi connectivity index (χ4n) is 5.40. The molecule has 0 N–H and O–H groups in total. The van der Waals surface area contributed by atoms with E-state index in [-0.39, 0.29) is 17.6 Å². The maximum Gasteiger partial charge on any atom is 0.231 e. The lowest BCUT2D eigenvalue weighted by Crippen LogP contribution is -2.39. The highest BCUT2D eigenvalue weighted by Crippen LogP contribution is 2.50. The van der Waals surface area contributed by atoms with Crippen LogP contribution in [-0.2, 0) is 17.9 Å². The van der Waals surface area contributed by atoms with Crippen LogP contribution in [0.25, 0.3) is 0 Å². The minimum atomic E-state index is -0.503. The van der Waals surface area contributed by atoms with Crippen LogP contribution in [0, 0.1) is 11.2 Å². The number of aromatic nitrogens is 3. The molecule has 0 bridgehead atoms. The van der Waals surface area contributed by atoms with Gasteiger partial charge in [0.25, 0.3) is 0 Å². The summed E-state index contributed by atoms with van der Waals surface area (Å²) < 4.78 is 15.9. The molecule has 2 saturated heterocycles. The minimum Gasteiger partial charge on any atom is -0.338 e. The van der Waals surface area contributed by atoms with Gasteiger partial charge in [-0.15, -0.1) is 0 Å². The zero-order valence-electron chi connectivity index (χ0n) is 19.2. The van der Waals surface area contributed by atoms with Crippen molar-refractivity contribution in [2.24, 2.45) is 5.41 Å². The van der Waals surface area contributed by atoms with E-state index in [2.05, 4.69) is 34.5 Å². The van der Waals surface area contributed by atoms with Gasteiger partial charge in [0.05, 0.1) is 17.4 Å². The molecule has 4 heterocycles. The summed E-state index contributed by atoms with van der Waals surface area (Å²) >= 11 is 0. The van der Waals surface area contributed by atoms with Crippen LogP contribution >= 0.6 is 0 Å². The Kier molecular flexibility index (Phi) is 5.74. The highest BCUT2D eigenvalue weighted by Gasteiger charge is 2.57. The molecule has 3 aromatic rings. The molecule has 172 valence electrons. The lowest BCUT2D eigenvalue weighted by molar-refractivity contribution is -0.136. The number of hydrogen-bond acceptors (Lipinski definition) is 4. The van der Waals surface area contributed by atoms with E-state index in [0.717, 1.165) is 36.3 Å². The van der Waals surface area contributed by atoms with Gasteiger partial charge < -0.3 is 9.47 Å². The second-order valence-corrected chi connectivity index (χ2v) is 9.68. The Morgan fingerprint density at radius 3 is 2.70 bits per heavy atom. The average Bonchev–Trinajstić information content (AvgIpc) is 3.49. The SMILES string of the molecule is CC(C)n1cnc([C@@H]2CN(Cc3cccc(F)c3)C[C@@]23CCN(Cc2ccncc2)C3=O)c1. The van der Waals surface area contributed by atoms with Crippen molar-refractivity contribution in [2.45, 2.75) is 45.3 Å². The van der Waals surface area contributed by atoms with Crippen molar-refractivity contribution in [3.05, 3.63) is 84.0 Å². The third-order valence-electron chi connectivity index (χ3n) is 7.15. The van der Waals surface area contributed by atoms with Crippen LogP contribution in [0.5, 0.6) is 0 Å². The van der Waals surface area contributed by atoms with E-state index in [4.69, 9.17) is 4.98 Å². The Labute approximate surface area is 194 Å². The summed E-state index contributed by atoms with van der Waals surface area (Å²) in [6.07, 6.45) is 8.31. The molecule has 7 heteroatoms. The summed E-state index contributed by atoms with van der Waals surface area (Å²) in [7, 11) is 0. The van der Waals surface area contributed by atoms with Gasteiger partial charge in [0, 0.05) is 63.3 Å². The highest BCUT2D eigenvalue weighted by atomic mass is 19.1. The second-order valence-electron chi connectivity index (χ2n) is 9.68. The molecule has 33 heavy (non-hydrogen) atoms. The predicted octanol–water partition coefficient (Wildman–Crippen LogP) is 4.02. The Bertz CT molecular complexity index is 1130. The van der Waals surface area contributed by atoms with Crippen molar-refractivity contribution < 1.29 is 9.18 Å². The van der Waals surface area contributed by atoms with E-state index in [9.17, 15) is 9.18 Å². The van der Waals surface area contributed by atoms with Gasteiger partial charge in [-0.25, -0.2) is 9.37 Å². The molecule has 1 spiro atoms. The summed E-state index contributed by atoms with van der Waals surface area (Å²) in [5, 5.41) is 0. The number of likely N-dealkylation sites (tertiary alicyclic amines) is 2. The molecule has 2 aliphatic rings. The summed E-state index contributed by atoms with van der Waals surface area (Å²) in [4.78, 5) is 27.0. The number of carbonyl (C=O) groups excluding carboxylic acids is 1. The van der Waals surface area contributed by atoms with Crippen LogP contribution in [0.2, 0.25) is 0 Å². The number of imidazole rings is 1. The van der Waals surface area contributed by atoms with E-state index in [0.29, 0.717) is 25.7 Å². The van der Waals surface area contributed by atoms with Crippen LogP contribution in [-0.4, -0.2) is 49.9 Å². The molecule has 2 aliphatic heterocycles. The maximum absolute atomic E-state index is 13.9. The second kappa shape index (κ2) is 8.71. The topological polar surface area (TPSA) is 54.3 Å². The Morgan fingerprint density at radius 1 is 1.15 bits per heavy atom. The highest BCUT2D eigenvalue weighted by molar-refractivity contribution is 5.86. The molecule has 2 fully saturated rings. The lowest BCUT2D eigenvalue weighted by Gasteiger charge is -2.28. The minimum absolute atomic E-state index is 0.0148. The monoisotopic (exact) mass is 447 g/mol. The molecule has 1 amide bonds. The number of pyridine rings is 1. The normalized spacial score (nSPS) is 23.3. The van der Waals surface area contributed by atoms with E-state index >= 15 is 0 Å². The standard InChI is InChI=1S/C26H30FN5O/c1-19(2)32-16-24(29-18-32)23-15-30(13-21-4-3-5-22(27)12-21)17-26(23)8-11-31(25(26)33)14-20-6-9-28-10-7-20/h3-7,9-10,12,16,18-19,23H,8,11,13-15,17H2,1-2H3/t23-,26-/m0/s1. The van der Waals surface area contributed by atoms with Gasteiger partial charge in [-0.2, -0.15) is 0 Å². The number of halogens is 1. The Morgan fingerprint density at radius 2 is 1.97 bits per heavy atom. The van der Waals surface area contributed by atoms with E-state index < -0.39 is 5.41 Å². The van der Waals surface area contributed by atoms with Crippen molar-refractivity contribution in [3.63, 3.8) is 0 Å². The summed E-state index contributed by atoms with van der Waals surface area (Å²) in [5.41, 5.74) is 2.49. The Balaban J connectivity index is 1.43. The number of hydrogen-bond donors (Lipinski definition) is 0. The van der Waals surface area contributed by atoms with Gasteiger partial charge in [0.1, 0.15) is 5.82 Å². The number of rotatable bonds is 6. The molecule has 2 atom stereocenters. The number of benzene rings is 1. The van der Waals surface area contributed by atoms with Crippen molar-refractivity contribution >= 4 is 5.91 Å². The molecule has 0 aliphatic carbocycles. The van der Waals surface area contributed by atoms with Gasteiger partial charge in [-0.1, -0.05) is 12.1 Å². The van der Waals surface area contributed by atoms with Gasteiger partial charge in [-0.3, -0.25) is 14.7 Å². The van der Waals surface area contributed by atoms with E-state index in [1.54, 1.807) is 24.5 Å². The largest absolute Gasteiger partial charge is 0.338 e. The zero-order chi connectivity index (χ0) is 23.0. The molecular weight excluding hydrogens is 417 g/mol. The molecular formula is C26H30FN5O. The van der Waals surface area contributed by atoms with Crippen molar-refractivity contribution in [1.29, 1.82) is 0 Å². The van der Waals surface area contributed by atoms with Gasteiger partial charge in [0.15, 0.2) is 0 Å². The lowest BCUT2D eigenvalue weighted by atomic mass is 9.75. The molecule has 5 rings (SSSR count). The molecule has 2 aromatic heterocycles. The van der Waals surface area contributed by atoms with Gasteiger partial charge in [0.2, 0.25) is 5.91 Å². The smallest absolute Gasteiger partial charge is 0.231 e. The number of amides is 1. The average molecular weight is 448 g/mol. The van der Waals surface area contributed by atoms with Crippen molar-refractivity contribution in [1.82, 2.24) is 24.3 Å². The molecule has 0 unspecified atom stereocenters. The molecule has 0 radical (unpaired) electrons. The fourth-order valence-corrected chi connectivity index (χ4v) is 5.40. The van der Waals surface area contributed by atoms with Crippen molar-refractivity contribution in [3.8, 4) is 0 Å². The van der Waals surface area contributed by atoms with E-state index in [1.165, 1.54) is 6.07 Å². The Hall–Kier alpha value is -3.06. The molecule has 6 nitrogen and oxygen atoms in total. The molecule has 0 saturated carbocycles. The summed E-state index contributed by atoms with van der Waals surface area (Å²) in [6, 6.07) is 11.0. The number of nitrogens with zero attached hydrogens (tertiary/aromatic N) is 5. The third kappa shape index (κ3) is 4.17. The first-order chi connectivity index (χ1) is 15.9. The zero-order valence-corrected chi connectivity index (χ0v) is 19.2. The third-order valence-corrected chi connectivity index (χ3v) is 7.15. The van der Waals surface area contributed by atoms with Crippen LogP contribution in [0.15, 0.2) is 61.3 Å². The molecule has 1 aromatic carbocycles. The first-order valence-electron chi connectivity index (χ1n) is 11.6. The summed E-state index contributed by atoms with van der Waals surface area (Å²) in [6.45, 7) is 7.61. The first-order valence-corrected chi connectivity index (χ1v) is 11.6. The first kappa shape index (κ1) is 21.8. The van der Waals surface area contributed by atoms with Crippen molar-refractivity contribution in [2.75, 3.05) is 19.6 Å². The van der Waals surface area contributed by atoms with Gasteiger partial charge >= 0.3 is 0 Å². The summed E-state index contributed by atoms with van der Waals surface area (Å²) in [5.74, 6) is -0.0137. The van der Waals surface area contributed by atoms with Crippen LogP contribution in [0.4, 0.5) is 4.39 Å². The van der Waals surface area contributed by atoms with Crippen LogP contribution in [0.1, 0.15) is 49.0 Å². The van der Waals surface area contributed by atoms with Crippen LogP contribution in [0.3, 0.4) is 0 Å². The quantitative estimate of drug-likeness (QED) is 0.573. The number of carbonyl (C=O) groups is 1. The maximum atomic E-state index is 13.9. The van der Waals surface area contributed by atoms with E-state index in [1.807, 2.05) is 29.4 Å². The predicted molar refractivity (Wildman–Crippen MR) is 124 cm³/mol. The van der Waals surface area contributed by atoms with Gasteiger partial charge in [-0.05, 0) is 55.7 Å². The fraction of sp³-hybridized carbons (Fsp3) is 0.423. The van der Waals surface area contributed by atoms with Crippen LogP contribution < -0.4 is 0 Å².